The van der Waals surface area contributed by atoms with Crippen molar-refractivity contribution in [1.82, 2.24) is 5.32 Å². The third-order valence-electron chi connectivity index (χ3n) is 4.45. The lowest BCUT2D eigenvalue weighted by Gasteiger charge is -2.27. The summed E-state index contributed by atoms with van der Waals surface area (Å²) in [7, 11) is 0. The van der Waals surface area contributed by atoms with Gasteiger partial charge in [0, 0.05) is 19.2 Å². The van der Waals surface area contributed by atoms with Crippen LogP contribution >= 0.6 is 11.6 Å². The van der Waals surface area contributed by atoms with E-state index in [1.54, 1.807) is 12.1 Å². The molecule has 0 aromatic heterocycles. The molecule has 1 aliphatic carbocycles. The molecule has 0 heterocycles. The van der Waals surface area contributed by atoms with Gasteiger partial charge in [-0.25, -0.2) is 0 Å². The minimum atomic E-state index is -0.434. The second-order valence-corrected chi connectivity index (χ2v) is 6.11. The Morgan fingerprint density at radius 2 is 2.10 bits per heavy atom. The Kier molecular flexibility index (Phi) is 5.00. The highest BCUT2D eigenvalue weighted by Crippen LogP contribution is 2.40. The first-order valence-electron chi connectivity index (χ1n) is 7.20. The van der Waals surface area contributed by atoms with Gasteiger partial charge in [-0.05, 0) is 36.3 Å². The minimum Gasteiger partial charge on any atom is -0.312 e. The van der Waals surface area contributed by atoms with E-state index in [1.807, 2.05) is 6.07 Å². The van der Waals surface area contributed by atoms with Gasteiger partial charge in [0.05, 0.1) is 4.92 Å². The van der Waals surface area contributed by atoms with Crippen LogP contribution in [0.15, 0.2) is 18.2 Å². The lowest BCUT2D eigenvalue weighted by molar-refractivity contribution is -0.384. The first-order chi connectivity index (χ1) is 9.56. The molecule has 20 heavy (non-hydrogen) atoms. The largest absolute Gasteiger partial charge is 0.312 e. The normalized spacial score (nSPS) is 17.3. The van der Waals surface area contributed by atoms with Crippen molar-refractivity contribution in [3.05, 3.63) is 38.9 Å². The molecule has 1 fully saturated rings. The first-order valence-corrected chi connectivity index (χ1v) is 7.58. The summed E-state index contributed by atoms with van der Waals surface area (Å²) in [6.07, 6.45) is 6.42. The van der Waals surface area contributed by atoms with Gasteiger partial charge in [-0.3, -0.25) is 10.1 Å². The van der Waals surface area contributed by atoms with Crippen LogP contribution in [0.3, 0.4) is 0 Å². The van der Waals surface area contributed by atoms with Crippen molar-refractivity contribution in [3.63, 3.8) is 0 Å². The van der Waals surface area contributed by atoms with Gasteiger partial charge in [0.25, 0.3) is 5.69 Å². The van der Waals surface area contributed by atoms with Crippen LogP contribution < -0.4 is 5.32 Å². The average Bonchev–Trinajstić information content (AvgIpc) is 2.90. The summed E-state index contributed by atoms with van der Waals surface area (Å²) in [6.45, 7) is 3.89. The number of nitrogens with one attached hydrogen (secondary N) is 1. The second kappa shape index (κ2) is 6.55. The lowest BCUT2D eigenvalue weighted by Crippen LogP contribution is -2.31. The third-order valence-corrected chi connectivity index (χ3v) is 4.77. The molecule has 2 rings (SSSR count). The Labute approximate surface area is 124 Å². The fourth-order valence-electron chi connectivity index (χ4n) is 3.06. The number of nitro groups is 1. The molecule has 1 N–H and O–H groups in total. The van der Waals surface area contributed by atoms with Gasteiger partial charge in [0.1, 0.15) is 5.02 Å². The van der Waals surface area contributed by atoms with E-state index in [2.05, 4.69) is 12.2 Å². The van der Waals surface area contributed by atoms with Gasteiger partial charge in [-0.15, -0.1) is 0 Å². The van der Waals surface area contributed by atoms with E-state index in [0.29, 0.717) is 12.0 Å². The molecule has 110 valence electrons. The predicted molar refractivity (Wildman–Crippen MR) is 81.0 cm³/mol. The van der Waals surface area contributed by atoms with Crippen molar-refractivity contribution in [2.75, 3.05) is 6.54 Å². The molecule has 0 spiro atoms. The molecular weight excluding hydrogens is 276 g/mol. The lowest BCUT2D eigenvalue weighted by atomic mass is 9.83. The number of benzene rings is 1. The maximum Gasteiger partial charge on any atom is 0.288 e. The molecule has 5 heteroatoms. The van der Waals surface area contributed by atoms with E-state index < -0.39 is 4.92 Å². The molecular formula is C15H21ClN2O2. The fraction of sp³-hybridized carbons (Fsp3) is 0.600. The van der Waals surface area contributed by atoms with Crippen LogP contribution in [0.1, 0.15) is 44.6 Å². The SMILES string of the molecule is CCC1(CNCc2ccc(Cl)c([N+](=O)[O-])c2)CCCC1. The Hall–Kier alpha value is -1.13. The van der Waals surface area contributed by atoms with Gasteiger partial charge in [-0.1, -0.05) is 37.4 Å². The topological polar surface area (TPSA) is 55.2 Å². The molecule has 0 saturated heterocycles. The average molecular weight is 297 g/mol. The number of nitro benzene ring substituents is 1. The highest BCUT2D eigenvalue weighted by atomic mass is 35.5. The van der Waals surface area contributed by atoms with E-state index in [1.165, 1.54) is 32.1 Å². The van der Waals surface area contributed by atoms with Crippen molar-refractivity contribution >= 4 is 17.3 Å². The summed E-state index contributed by atoms with van der Waals surface area (Å²) in [5.41, 5.74) is 1.32. The number of rotatable bonds is 6. The standard InChI is InChI=1S/C15H21ClN2O2/c1-2-15(7-3-4-8-15)11-17-10-12-5-6-13(16)14(9-12)18(19)20/h5-6,9,17H,2-4,7-8,10-11H2,1H3. The molecule has 0 unspecified atom stereocenters. The van der Waals surface area contributed by atoms with Gasteiger partial charge in [0.15, 0.2) is 0 Å². The monoisotopic (exact) mass is 296 g/mol. The van der Waals surface area contributed by atoms with Gasteiger partial charge in [-0.2, -0.15) is 0 Å². The summed E-state index contributed by atoms with van der Waals surface area (Å²) in [6, 6.07) is 5.00. The maximum absolute atomic E-state index is 10.9. The van der Waals surface area contributed by atoms with Crippen molar-refractivity contribution in [3.8, 4) is 0 Å². The van der Waals surface area contributed by atoms with Gasteiger partial charge < -0.3 is 5.32 Å². The predicted octanol–water partition coefficient (Wildman–Crippen LogP) is 4.31. The molecule has 0 bridgehead atoms. The van der Waals surface area contributed by atoms with E-state index in [-0.39, 0.29) is 10.7 Å². The molecule has 1 aromatic rings. The van der Waals surface area contributed by atoms with Crippen molar-refractivity contribution in [2.24, 2.45) is 5.41 Å². The molecule has 0 amide bonds. The van der Waals surface area contributed by atoms with Crippen LogP contribution in [0.4, 0.5) is 5.69 Å². The zero-order valence-corrected chi connectivity index (χ0v) is 12.6. The molecule has 0 aliphatic heterocycles. The zero-order chi connectivity index (χ0) is 14.6. The number of nitrogens with zero attached hydrogens (tertiary/aromatic N) is 1. The summed E-state index contributed by atoms with van der Waals surface area (Å²) in [5, 5.41) is 14.5. The van der Waals surface area contributed by atoms with Crippen molar-refractivity contribution in [1.29, 1.82) is 0 Å². The molecule has 1 aliphatic rings. The minimum absolute atomic E-state index is 0.0166. The Balaban J connectivity index is 1.94. The number of hydrogen-bond acceptors (Lipinski definition) is 3. The molecule has 1 saturated carbocycles. The summed E-state index contributed by atoms with van der Waals surface area (Å²) >= 11 is 5.81. The van der Waals surface area contributed by atoms with Gasteiger partial charge >= 0.3 is 0 Å². The van der Waals surface area contributed by atoms with E-state index in [0.717, 1.165) is 12.1 Å². The third kappa shape index (κ3) is 3.49. The van der Waals surface area contributed by atoms with Crippen LogP contribution in [-0.2, 0) is 6.54 Å². The number of halogens is 1. The molecule has 0 radical (unpaired) electrons. The zero-order valence-electron chi connectivity index (χ0n) is 11.8. The van der Waals surface area contributed by atoms with Crippen LogP contribution in [0, 0.1) is 15.5 Å². The van der Waals surface area contributed by atoms with Crippen LogP contribution in [-0.4, -0.2) is 11.5 Å². The quantitative estimate of drug-likeness (QED) is 0.628. The Morgan fingerprint density at radius 1 is 1.40 bits per heavy atom. The van der Waals surface area contributed by atoms with E-state index in [9.17, 15) is 10.1 Å². The van der Waals surface area contributed by atoms with Crippen molar-refractivity contribution < 1.29 is 4.92 Å². The first kappa shape index (κ1) is 15.3. The Bertz CT molecular complexity index is 485. The summed E-state index contributed by atoms with van der Waals surface area (Å²) < 4.78 is 0. The Morgan fingerprint density at radius 3 is 2.70 bits per heavy atom. The van der Waals surface area contributed by atoms with Crippen LogP contribution in [0.5, 0.6) is 0 Å². The summed E-state index contributed by atoms with van der Waals surface area (Å²) in [4.78, 5) is 10.4. The highest BCUT2D eigenvalue weighted by molar-refractivity contribution is 6.32. The number of hydrogen-bond donors (Lipinski definition) is 1. The fourth-order valence-corrected chi connectivity index (χ4v) is 3.25. The summed E-state index contributed by atoms with van der Waals surface area (Å²) in [5.74, 6) is 0. The van der Waals surface area contributed by atoms with E-state index >= 15 is 0 Å². The molecule has 1 aromatic carbocycles. The second-order valence-electron chi connectivity index (χ2n) is 5.71. The molecule has 0 atom stereocenters. The maximum atomic E-state index is 10.9. The van der Waals surface area contributed by atoms with Crippen LogP contribution in [0.2, 0.25) is 5.02 Å². The van der Waals surface area contributed by atoms with E-state index in [4.69, 9.17) is 11.6 Å². The van der Waals surface area contributed by atoms with Gasteiger partial charge in [0.2, 0.25) is 0 Å². The van der Waals surface area contributed by atoms with Crippen LogP contribution in [0.25, 0.3) is 0 Å². The highest BCUT2D eigenvalue weighted by Gasteiger charge is 2.31. The van der Waals surface area contributed by atoms with Crippen molar-refractivity contribution in [2.45, 2.75) is 45.6 Å². The smallest absolute Gasteiger partial charge is 0.288 e. The molecule has 4 nitrogen and oxygen atoms in total.